The Morgan fingerprint density at radius 2 is 1.89 bits per heavy atom. The van der Waals surface area contributed by atoms with Gasteiger partial charge in [0.05, 0.1) is 11.4 Å². The molecule has 1 aromatic rings. The van der Waals surface area contributed by atoms with E-state index in [-0.39, 0.29) is 6.54 Å². The van der Waals surface area contributed by atoms with Gasteiger partial charge < -0.3 is 20.9 Å². The average Bonchev–Trinajstić information content (AvgIpc) is 2.64. The van der Waals surface area contributed by atoms with Crippen molar-refractivity contribution in [2.75, 3.05) is 29.9 Å². The highest BCUT2D eigenvalue weighted by Crippen LogP contribution is 2.27. The van der Waals surface area contributed by atoms with Crippen LogP contribution in [0.1, 0.15) is 38.3 Å². The van der Waals surface area contributed by atoms with Crippen LogP contribution in [0, 0.1) is 6.92 Å². The molecule has 0 spiro atoms. The number of anilines is 2. The Labute approximate surface area is 163 Å². The summed E-state index contributed by atoms with van der Waals surface area (Å²) in [5.41, 5.74) is 7.78. The molecule has 0 radical (unpaired) electrons. The van der Waals surface area contributed by atoms with Gasteiger partial charge in [-0.1, -0.05) is 0 Å². The third kappa shape index (κ3) is 4.68. The maximum absolute atomic E-state index is 12.7. The van der Waals surface area contributed by atoms with Gasteiger partial charge in [-0.05, 0) is 51.7 Å². The maximum Gasteiger partial charge on any atom is 0.471 e. The van der Waals surface area contributed by atoms with Crippen molar-refractivity contribution in [3.05, 3.63) is 17.8 Å². The number of carbonyl (C=O) groups is 1. The number of nitrogens with two attached hydrogens (primary N) is 1. The monoisotopic (exact) mass is 399 g/mol. The van der Waals surface area contributed by atoms with Crippen molar-refractivity contribution in [1.29, 1.82) is 0 Å². The predicted octanol–water partition coefficient (Wildman–Crippen LogP) is 2.67. The molecule has 1 saturated carbocycles. The molecule has 2 fully saturated rings. The second-order valence-corrected chi connectivity index (χ2v) is 7.85. The third-order valence-electron chi connectivity index (χ3n) is 5.66. The molecule has 1 saturated heterocycles. The molecule has 1 aromatic heterocycles. The van der Waals surface area contributed by atoms with E-state index in [9.17, 15) is 18.0 Å². The summed E-state index contributed by atoms with van der Waals surface area (Å²) in [5.74, 6) is -1.05. The Morgan fingerprint density at radius 1 is 1.21 bits per heavy atom. The first-order valence-electron chi connectivity index (χ1n) is 9.77. The zero-order chi connectivity index (χ0) is 20.5. The number of hydrogen-bond acceptors (Lipinski definition) is 5. The molecule has 1 aliphatic heterocycles. The highest BCUT2D eigenvalue weighted by molar-refractivity contribution is 5.82. The number of rotatable bonds is 3. The normalized spacial score (nSPS) is 26.3. The second-order valence-electron chi connectivity index (χ2n) is 7.85. The SMILES string of the molecule is Cc1nc(N2CCN(C(=O)C(F)(F)F)C(C)C2)ccc1NC1CCC(N)CC1. The second kappa shape index (κ2) is 8.14. The van der Waals surface area contributed by atoms with Gasteiger partial charge in [0.15, 0.2) is 0 Å². The molecule has 156 valence electrons. The van der Waals surface area contributed by atoms with E-state index in [1.807, 2.05) is 24.0 Å². The van der Waals surface area contributed by atoms with E-state index in [0.717, 1.165) is 47.8 Å². The van der Waals surface area contributed by atoms with Gasteiger partial charge in [0, 0.05) is 37.8 Å². The number of aromatic nitrogens is 1. The van der Waals surface area contributed by atoms with Gasteiger partial charge in [0.1, 0.15) is 5.82 Å². The Hall–Kier alpha value is -2.03. The van der Waals surface area contributed by atoms with Gasteiger partial charge in [0.25, 0.3) is 0 Å². The number of alkyl halides is 3. The van der Waals surface area contributed by atoms with Crippen molar-refractivity contribution >= 4 is 17.4 Å². The zero-order valence-corrected chi connectivity index (χ0v) is 16.3. The molecule has 2 heterocycles. The number of aryl methyl sites for hydroxylation is 1. The molecular weight excluding hydrogens is 371 g/mol. The highest BCUT2D eigenvalue weighted by Gasteiger charge is 2.45. The van der Waals surface area contributed by atoms with Crippen molar-refractivity contribution in [2.45, 2.75) is 63.8 Å². The van der Waals surface area contributed by atoms with Crippen LogP contribution in [0.2, 0.25) is 0 Å². The third-order valence-corrected chi connectivity index (χ3v) is 5.66. The first kappa shape index (κ1) is 20.7. The number of halogens is 3. The summed E-state index contributed by atoms with van der Waals surface area (Å²) in [7, 11) is 0. The van der Waals surface area contributed by atoms with Crippen molar-refractivity contribution in [3.63, 3.8) is 0 Å². The molecule has 28 heavy (non-hydrogen) atoms. The lowest BCUT2D eigenvalue weighted by Gasteiger charge is -2.40. The largest absolute Gasteiger partial charge is 0.471 e. The lowest BCUT2D eigenvalue weighted by molar-refractivity contribution is -0.187. The summed E-state index contributed by atoms with van der Waals surface area (Å²) in [6.45, 7) is 4.23. The van der Waals surface area contributed by atoms with Gasteiger partial charge in [0.2, 0.25) is 0 Å². The number of amides is 1. The molecule has 3 rings (SSSR count). The molecule has 3 N–H and O–H groups in total. The summed E-state index contributed by atoms with van der Waals surface area (Å²) < 4.78 is 38.1. The molecule has 0 bridgehead atoms. The van der Waals surface area contributed by atoms with Gasteiger partial charge in [-0.25, -0.2) is 4.98 Å². The van der Waals surface area contributed by atoms with Crippen LogP contribution in [0.5, 0.6) is 0 Å². The summed E-state index contributed by atoms with van der Waals surface area (Å²) in [4.78, 5) is 19.0. The number of nitrogens with one attached hydrogen (secondary N) is 1. The maximum atomic E-state index is 12.7. The fraction of sp³-hybridized carbons (Fsp3) is 0.684. The number of nitrogens with zero attached hydrogens (tertiary/aromatic N) is 3. The summed E-state index contributed by atoms with van der Waals surface area (Å²) >= 11 is 0. The molecule has 0 aromatic carbocycles. The van der Waals surface area contributed by atoms with Crippen LogP contribution in [0.3, 0.4) is 0 Å². The fourth-order valence-electron chi connectivity index (χ4n) is 3.99. The number of piperazine rings is 1. The summed E-state index contributed by atoms with van der Waals surface area (Å²) in [6, 6.07) is 4.02. The summed E-state index contributed by atoms with van der Waals surface area (Å²) in [6.07, 6.45) is -0.728. The van der Waals surface area contributed by atoms with Crippen LogP contribution >= 0.6 is 0 Å². The topological polar surface area (TPSA) is 74.5 Å². The van der Waals surface area contributed by atoms with Crippen LogP contribution in [-0.2, 0) is 4.79 Å². The van der Waals surface area contributed by atoms with Crippen LogP contribution in [0.15, 0.2) is 12.1 Å². The van der Waals surface area contributed by atoms with E-state index in [4.69, 9.17) is 5.73 Å². The summed E-state index contributed by atoms with van der Waals surface area (Å²) in [5, 5.41) is 3.53. The molecular formula is C19H28F3N5O. The number of carbonyl (C=O) groups excluding carboxylic acids is 1. The highest BCUT2D eigenvalue weighted by atomic mass is 19.4. The van der Waals surface area contributed by atoms with Crippen LogP contribution in [0.25, 0.3) is 0 Å². The minimum absolute atomic E-state index is 0.0303. The molecule has 9 heteroatoms. The number of pyridine rings is 1. The van der Waals surface area contributed by atoms with E-state index in [1.54, 1.807) is 6.92 Å². The first-order valence-corrected chi connectivity index (χ1v) is 9.77. The molecule has 1 atom stereocenters. The Bertz CT molecular complexity index is 703. The van der Waals surface area contributed by atoms with E-state index < -0.39 is 18.1 Å². The fourth-order valence-corrected chi connectivity index (χ4v) is 3.99. The van der Waals surface area contributed by atoms with E-state index in [0.29, 0.717) is 25.2 Å². The quantitative estimate of drug-likeness (QED) is 0.818. The molecule has 1 aliphatic carbocycles. The minimum Gasteiger partial charge on any atom is -0.381 e. The van der Waals surface area contributed by atoms with E-state index in [1.165, 1.54) is 0 Å². The predicted molar refractivity (Wildman–Crippen MR) is 102 cm³/mol. The zero-order valence-electron chi connectivity index (χ0n) is 16.3. The molecule has 1 unspecified atom stereocenters. The van der Waals surface area contributed by atoms with Gasteiger partial charge >= 0.3 is 12.1 Å². The average molecular weight is 399 g/mol. The molecule has 6 nitrogen and oxygen atoms in total. The molecule has 1 amide bonds. The standard InChI is InChI=1S/C19H28F3N5O/c1-12-11-26(9-10-27(12)18(28)19(20,21)22)17-8-7-16(13(2)24-17)25-15-5-3-14(23)4-6-15/h7-8,12,14-15,25H,3-6,9-11,23H2,1-2H3. The van der Waals surface area contributed by atoms with Crippen LogP contribution < -0.4 is 16.0 Å². The van der Waals surface area contributed by atoms with Crippen molar-refractivity contribution in [1.82, 2.24) is 9.88 Å². The van der Waals surface area contributed by atoms with Crippen molar-refractivity contribution < 1.29 is 18.0 Å². The van der Waals surface area contributed by atoms with Gasteiger partial charge in [-0.3, -0.25) is 4.79 Å². The minimum atomic E-state index is -4.83. The van der Waals surface area contributed by atoms with Crippen LogP contribution in [0.4, 0.5) is 24.7 Å². The Balaban J connectivity index is 1.62. The lowest BCUT2D eigenvalue weighted by atomic mass is 9.91. The van der Waals surface area contributed by atoms with Gasteiger partial charge in [-0.2, -0.15) is 13.2 Å². The first-order chi connectivity index (χ1) is 13.1. The van der Waals surface area contributed by atoms with Gasteiger partial charge in [-0.15, -0.1) is 0 Å². The lowest BCUT2D eigenvalue weighted by Crippen LogP contribution is -2.57. The molecule has 2 aliphatic rings. The van der Waals surface area contributed by atoms with E-state index >= 15 is 0 Å². The number of hydrogen-bond donors (Lipinski definition) is 2. The van der Waals surface area contributed by atoms with E-state index in [2.05, 4.69) is 10.3 Å². The van der Waals surface area contributed by atoms with Crippen LogP contribution in [-0.4, -0.2) is 59.7 Å². The smallest absolute Gasteiger partial charge is 0.381 e. The Kier molecular flexibility index (Phi) is 6.02. The van der Waals surface area contributed by atoms with Crippen molar-refractivity contribution in [2.24, 2.45) is 5.73 Å². The van der Waals surface area contributed by atoms with Crippen molar-refractivity contribution in [3.8, 4) is 0 Å². The Morgan fingerprint density at radius 3 is 2.46 bits per heavy atom.